The number of halogens is 3. The Morgan fingerprint density at radius 2 is 1.81 bits per heavy atom. The minimum atomic E-state index is -1.29. The van der Waals surface area contributed by atoms with Crippen LogP contribution in [0.1, 0.15) is 38.3 Å². The summed E-state index contributed by atoms with van der Waals surface area (Å²) in [6.07, 6.45) is -0.835. The molecule has 168 valence electrons. The molecule has 0 aliphatic carbocycles. The zero-order valence-corrected chi connectivity index (χ0v) is 20.0. The number of likely N-dealkylation sites (tertiary alicyclic amines) is 1. The first kappa shape index (κ1) is 24.1. The van der Waals surface area contributed by atoms with Crippen LogP contribution in [0.3, 0.4) is 0 Å². The van der Waals surface area contributed by atoms with Crippen molar-refractivity contribution >= 4 is 40.9 Å². The summed E-state index contributed by atoms with van der Waals surface area (Å²) in [6, 6.07) is 12.2. The molecule has 3 rings (SSSR count). The van der Waals surface area contributed by atoms with E-state index in [0.717, 1.165) is 5.56 Å². The lowest BCUT2D eigenvalue weighted by atomic mass is 9.82. The number of nitrogens with zero attached hydrogens (tertiary/aromatic N) is 1. The molecule has 0 radical (unpaired) electrons. The summed E-state index contributed by atoms with van der Waals surface area (Å²) in [5, 5.41) is 13.1. The normalized spacial score (nSPS) is 21.8. The molecule has 1 N–H and O–H groups in total. The summed E-state index contributed by atoms with van der Waals surface area (Å²) >= 11 is 18.1. The van der Waals surface area contributed by atoms with Crippen molar-refractivity contribution < 1.29 is 19.4 Å². The van der Waals surface area contributed by atoms with Crippen LogP contribution in [0, 0.1) is 0 Å². The van der Waals surface area contributed by atoms with E-state index in [-0.39, 0.29) is 13.2 Å². The van der Waals surface area contributed by atoms with Gasteiger partial charge in [0.15, 0.2) is 0 Å². The molecule has 0 spiro atoms. The van der Waals surface area contributed by atoms with Crippen LogP contribution in [0.5, 0.6) is 0 Å². The Morgan fingerprint density at radius 3 is 2.42 bits per heavy atom. The van der Waals surface area contributed by atoms with Crippen molar-refractivity contribution in [3.05, 3.63) is 68.7 Å². The van der Waals surface area contributed by atoms with Gasteiger partial charge >= 0.3 is 6.09 Å². The number of hydrogen-bond acceptors (Lipinski definition) is 4. The number of carbonyl (C=O) groups excluding carboxylic acids is 1. The van der Waals surface area contributed by atoms with E-state index in [1.807, 2.05) is 26.8 Å². The molecule has 2 aromatic carbocycles. The van der Waals surface area contributed by atoms with Crippen LogP contribution < -0.4 is 0 Å². The molecular formula is C23H26Cl3NO4. The molecule has 1 amide bonds. The first-order valence-electron chi connectivity index (χ1n) is 10.00. The molecule has 1 heterocycles. The number of carbonyl (C=O) groups is 1. The van der Waals surface area contributed by atoms with Gasteiger partial charge in [0, 0.05) is 18.0 Å². The van der Waals surface area contributed by atoms with Crippen LogP contribution in [0.2, 0.25) is 15.1 Å². The van der Waals surface area contributed by atoms with E-state index in [9.17, 15) is 9.90 Å². The summed E-state index contributed by atoms with van der Waals surface area (Å²) in [5.74, 6) is 0. The second kappa shape index (κ2) is 9.55. The quantitative estimate of drug-likeness (QED) is 0.570. The van der Waals surface area contributed by atoms with Gasteiger partial charge in [-0.3, -0.25) is 0 Å². The van der Waals surface area contributed by atoms with E-state index in [1.54, 1.807) is 41.3 Å². The van der Waals surface area contributed by atoms with Crippen molar-refractivity contribution in [3.8, 4) is 0 Å². The Morgan fingerprint density at radius 1 is 1.13 bits per heavy atom. The molecule has 1 fully saturated rings. The third-order valence-corrected chi connectivity index (χ3v) is 6.10. The van der Waals surface area contributed by atoms with E-state index in [0.29, 0.717) is 33.6 Å². The fourth-order valence-corrected chi connectivity index (χ4v) is 3.93. The van der Waals surface area contributed by atoms with Gasteiger partial charge in [0.1, 0.15) is 17.3 Å². The van der Waals surface area contributed by atoms with Crippen molar-refractivity contribution in [3.63, 3.8) is 0 Å². The highest BCUT2D eigenvalue weighted by Crippen LogP contribution is 2.36. The summed E-state index contributed by atoms with van der Waals surface area (Å²) in [7, 11) is 0. The molecule has 2 aromatic rings. The first-order valence-corrected chi connectivity index (χ1v) is 11.1. The van der Waals surface area contributed by atoms with Crippen LogP contribution >= 0.6 is 34.8 Å². The molecule has 8 heteroatoms. The number of ether oxygens (including phenoxy) is 2. The molecule has 5 nitrogen and oxygen atoms in total. The number of benzene rings is 2. The smallest absolute Gasteiger partial charge is 0.410 e. The molecule has 0 saturated carbocycles. The minimum absolute atomic E-state index is 0.176. The van der Waals surface area contributed by atoms with Gasteiger partial charge in [-0.05, 0) is 56.2 Å². The average molecular weight is 487 g/mol. The SMILES string of the molecule is CC(C)(C)OC(=O)N1CC[C@@](O)(c2ccc(Cl)cc2)[C@@H](OCc2ccc(Cl)c(Cl)c2)C1. The first-order chi connectivity index (χ1) is 14.5. The number of amides is 1. The average Bonchev–Trinajstić information content (AvgIpc) is 2.69. The fraction of sp³-hybridized carbons (Fsp3) is 0.435. The van der Waals surface area contributed by atoms with Crippen molar-refractivity contribution in [2.24, 2.45) is 0 Å². The number of rotatable bonds is 4. The number of aliphatic hydroxyl groups is 1. The van der Waals surface area contributed by atoms with Crippen LogP contribution in [-0.4, -0.2) is 40.9 Å². The largest absolute Gasteiger partial charge is 0.444 e. The van der Waals surface area contributed by atoms with E-state index in [2.05, 4.69) is 0 Å². The zero-order chi connectivity index (χ0) is 22.8. The van der Waals surface area contributed by atoms with Crippen LogP contribution in [0.4, 0.5) is 4.79 Å². The third-order valence-electron chi connectivity index (χ3n) is 5.11. The Hall–Kier alpha value is -1.50. The summed E-state index contributed by atoms with van der Waals surface area (Å²) < 4.78 is 11.6. The van der Waals surface area contributed by atoms with Crippen molar-refractivity contribution in [2.75, 3.05) is 13.1 Å². The second-order valence-electron chi connectivity index (χ2n) is 8.66. The Bertz CT molecular complexity index is 929. The lowest BCUT2D eigenvalue weighted by Gasteiger charge is -2.44. The summed E-state index contributed by atoms with van der Waals surface area (Å²) in [6.45, 7) is 6.15. The third kappa shape index (κ3) is 6.05. The molecule has 2 atom stereocenters. The van der Waals surface area contributed by atoms with Crippen molar-refractivity contribution in [2.45, 2.75) is 51.1 Å². The van der Waals surface area contributed by atoms with E-state index in [1.165, 1.54) is 0 Å². The predicted molar refractivity (Wildman–Crippen MR) is 123 cm³/mol. The minimum Gasteiger partial charge on any atom is -0.444 e. The maximum absolute atomic E-state index is 12.6. The molecular weight excluding hydrogens is 461 g/mol. The molecule has 1 aliphatic heterocycles. The highest BCUT2D eigenvalue weighted by atomic mass is 35.5. The highest BCUT2D eigenvalue weighted by molar-refractivity contribution is 6.42. The van der Waals surface area contributed by atoms with Crippen molar-refractivity contribution in [1.82, 2.24) is 4.90 Å². The lowest BCUT2D eigenvalue weighted by Crippen LogP contribution is -2.56. The van der Waals surface area contributed by atoms with Crippen molar-refractivity contribution in [1.29, 1.82) is 0 Å². The van der Waals surface area contributed by atoms with Gasteiger partial charge in [-0.15, -0.1) is 0 Å². The Kier molecular flexibility index (Phi) is 7.44. The molecule has 0 bridgehead atoms. The Balaban J connectivity index is 1.83. The van der Waals surface area contributed by atoms with Gasteiger partial charge in [-0.2, -0.15) is 0 Å². The molecule has 0 aromatic heterocycles. The topological polar surface area (TPSA) is 59.0 Å². The van der Waals surface area contributed by atoms with Crippen LogP contribution in [0.25, 0.3) is 0 Å². The van der Waals surface area contributed by atoms with Gasteiger partial charge < -0.3 is 19.5 Å². The maximum Gasteiger partial charge on any atom is 0.410 e. The van der Waals surface area contributed by atoms with Gasteiger partial charge in [0.05, 0.1) is 23.2 Å². The predicted octanol–water partition coefficient (Wildman–Crippen LogP) is 6.06. The lowest BCUT2D eigenvalue weighted by molar-refractivity contribution is -0.154. The molecule has 0 unspecified atom stereocenters. The molecule has 31 heavy (non-hydrogen) atoms. The van der Waals surface area contributed by atoms with Gasteiger partial charge in [-0.1, -0.05) is 53.0 Å². The monoisotopic (exact) mass is 485 g/mol. The van der Waals surface area contributed by atoms with Gasteiger partial charge in [0.2, 0.25) is 0 Å². The van der Waals surface area contributed by atoms with Crippen LogP contribution in [-0.2, 0) is 21.7 Å². The van der Waals surface area contributed by atoms with Gasteiger partial charge in [-0.25, -0.2) is 4.79 Å². The van der Waals surface area contributed by atoms with Gasteiger partial charge in [0.25, 0.3) is 0 Å². The number of hydrogen-bond donors (Lipinski definition) is 1. The van der Waals surface area contributed by atoms with Crippen LogP contribution in [0.15, 0.2) is 42.5 Å². The number of piperidine rings is 1. The summed E-state index contributed by atoms with van der Waals surface area (Å²) in [4.78, 5) is 14.2. The molecule has 1 aliphatic rings. The standard InChI is InChI=1S/C23H26Cl3NO4/c1-22(2,3)31-21(28)27-11-10-23(29,16-5-7-17(24)8-6-16)20(13-27)30-14-15-4-9-18(25)19(26)12-15/h4-9,12,20,29H,10-11,13-14H2,1-3H3/t20-,23+/m0/s1. The maximum atomic E-state index is 12.6. The second-order valence-corrected chi connectivity index (χ2v) is 9.91. The van der Waals surface area contributed by atoms with E-state index in [4.69, 9.17) is 44.3 Å². The highest BCUT2D eigenvalue weighted by Gasteiger charge is 2.45. The fourth-order valence-electron chi connectivity index (χ4n) is 3.49. The molecule has 1 saturated heterocycles. The Labute approximate surface area is 197 Å². The van der Waals surface area contributed by atoms with E-state index >= 15 is 0 Å². The zero-order valence-electron chi connectivity index (χ0n) is 17.7. The van der Waals surface area contributed by atoms with E-state index < -0.39 is 23.4 Å². The summed E-state index contributed by atoms with van der Waals surface area (Å²) in [5.41, 5.74) is -0.418.